The van der Waals surface area contributed by atoms with Crippen molar-refractivity contribution in [3.63, 3.8) is 0 Å². The number of aliphatic hydroxyl groups excluding tert-OH is 2. The van der Waals surface area contributed by atoms with Crippen molar-refractivity contribution in [2.24, 2.45) is 11.3 Å². The van der Waals surface area contributed by atoms with E-state index in [1.807, 2.05) is 30.3 Å². The van der Waals surface area contributed by atoms with Crippen LogP contribution in [0, 0.1) is 11.3 Å². The molecule has 0 bridgehead atoms. The van der Waals surface area contributed by atoms with E-state index in [1.165, 1.54) is 11.6 Å². The number of imidazole rings is 1. The molecule has 0 amide bonds. The van der Waals surface area contributed by atoms with Crippen LogP contribution in [0.5, 0.6) is 0 Å². The van der Waals surface area contributed by atoms with Crippen LogP contribution in [-0.2, 0) is 4.79 Å². The van der Waals surface area contributed by atoms with Gasteiger partial charge in [0.1, 0.15) is 23.2 Å². The van der Waals surface area contributed by atoms with Gasteiger partial charge in [-0.2, -0.15) is 14.6 Å². The topological polar surface area (TPSA) is 157 Å². The molecule has 12 heteroatoms. The number of furan rings is 1. The summed E-state index contributed by atoms with van der Waals surface area (Å²) in [7, 11) is 1.72. The van der Waals surface area contributed by atoms with Crippen LogP contribution in [0.4, 0.5) is 5.82 Å². The molecule has 3 N–H and O–H groups in total. The molecule has 36 heavy (non-hydrogen) atoms. The van der Waals surface area contributed by atoms with Gasteiger partial charge in [-0.1, -0.05) is 23.4 Å². The lowest BCUT2D eigenvalue weighted by Crippen LogP contribution is -2.36. The molecule has 5 atom stereocenters. The SMILES string of the molecule is CNc1nc(-n2cc(-c3cc4ccccc4o3)nn2)nc2c1ncn2[C@@H]1C2C[C@@]2(C(C)=O)C(O)[C@H]1O. The van der Waals surface area contributed by atoms with E-state index in [2.05, 4.69) is 30.6 Å². The van der Waals surface area contributed by atoms with E-state index in [1.54, 1.807) is 24.1 Å². The zero-order valence-electron chi connectivity index (χ0n) is 19.4. The first-order valence-electron chi connectivity index (χ1n) is 11.6. The van der Waals surface area contributed by atoms with Crippen LogP contribution in [-0.4, -0.2) is 69.8 Å². The fourth-order valence-corrected chi connectivity index (χ4v) is 5.75. The predicted octanol–water partition coefficient (Wildman–Crippen LogP) is 1.73. The highest BCUT2D eigenvalue weighted by Crippen LogP contribution is 2.68. The minimum atomic E-state index is -1.13. The highest BCUT2D eigenvalue weighted by Gasteiger charge is 2.74. The molecule has 7 rings (SSSR count). The number of Topliss-reactive ketones (excluding diaryl/α,β-unsaturated/α-hetero) is 1. The largest absolute Gasteiger partial charge is 0.454 e. The monoisotopic (exact) mass is 486 g/mol. The van der Waals surface area contributed by atoms with Crippen LogP contribution in [0.3, 0.4) is 0 Å². The quantitative estimate of drug-likeness (QED) is 0.334. The number of para-hydroxylation sites is 1. The Balaban J connectivity index is 1.31. The Morgan fingerprint density at radius 2 is 2.08 bits per heavy atom. The average molecular weight is 486 g/mol. The van der Waals surface area contributed by atoms with E-state index in [-0.39, 0.29) is 17.6 Å². The van der Waals surface area contributed by atoms with Gasteiger partial charge in [0, 0.05) is 12.4 Å². The maximum Gasteiger partial charge on any atom is 0.256 e. The van der Waals surface area contributed by atoms with Gasteiger partial charge in [0.05, 0.1) is 30.1 Å². The highest BCUT2D eigenvalue weighted by molar-refractivity contribution is 5.88. The third-order valence-electron chi connectivity index (χ3n) is 7.67. The van der Waals surface area contributed by atoms with Crippen molar-refractivity contribution in [3.8, 4) is 17.4 Å². The van der Waals surface area contributed by atoms with Crippen molar-refractivity contribution in [2.75, 3.05) is 12.4 Å². The van der Waals surface area contributed by atoms with E-state index < -0.39 is 23.7 Å². The molecule has 2 aliphatic carbocycles. The molecule has 2 saturated carbocycles. The Morgan fingerprint density at radius 1 is 1.25 bits per heavy atom. The van der Waals surface area contributed by atoms with Gasteiger partial charge in [0.15, 0.2) is 22.7 Å². The van der Waals surface area contributed by atoms with Crippen molar-refractivity contribution >= 4 is 33.7 Å². The molecule has 12 nitrogen and oxygen atoms in total. The van der Waals surface area contributed by atoms with Crippen LogP contribution in [0.25, 0.3) is 39.5 Å². The van der Waals surface area contributed by atoms with E-state index >= 15 is 0 Å². The molecule has 0 spiro atoms. The number of rotatable bonds is 5. The number of carbonyl (C=O) groups excluding carboxylic acids is 1. The number of fused-ring (bicyclic) bond motifs is 3. The number of aromatic nitrogens is 7. The molecule has 2 unspecified atom stereocenters. The van der Waals surface area contributed by atoms with Crippen LogP contribution in [0.1, 0.15) is 19.4 Å². The Kier molecular flexibility index (Phi) is 4.22. The van der Waals surface area contributed by atoms with Crippen molar-refractivity contribution in [3.05, 3.63) is 42.9 Å². The molecular weight excluding hydrogens is 464 g/mol. The first-order chi connectivity index (χ1) is 17.4. The Labute approximate surface area is 203 Å². The lowest BCUT2D eigenvalue weighted by Gasteiger charge is -2.23. The molecule has 2 fully saturated rings. The van der Waals surface area contributed by atoms with Gasteiger partial charge in [0.25, 0.3) is 5.95 Å². The van der Waals surface area contributed by atoms with Crippen molar-refractivity contribution in [1.29, 1.82) is 0 Å². The van der Waals surface area contributed by atoms with Gasteiger partial charge < -0.3 is 24.5 Å². The molecule has 0 aliphatic heterocycles. The maximum atomic E-state index is 12.3. The predicted molar refractivity (Wildman–Crippen MR) is 127 cm³/mol. The summed E-state index contributed by atoms with van der Waals surface area (Å²) in [6.45, 7) is 1.47. The number of nitrogens with one attached hydrogen (secondary N) is 1. The summed E-state index contributed by atoms with van der Waals surface area (Å²) in [5.74, 6) is 0.971. The third kappa shape index (κ3) is 2.70. The van der Waals surface area contributed by atoms with Crippen molar-refractivity contribution in [2.45, 2.75) is 31.6 Å². The molecule has 4 heterocycles. The summed E-state index contributed by atoms with van der Waals surface area (Å²) in [5, 5.41) is 34.0. The van der Waals surface area contributed by atoms with Gasteiger partial charge in [-0.15, -0.1) is 5.10 Å². The number of carbonyl (C=O) groups is 1. The lowest BCUT2D eigenvalue weighted by molar-refractivity contribution is -0.128. The number of hydrogen-bond donors (Lipinski definition) is 3. The second-order valence-corrected chi connectivity index (χ2v) is 9.48. The van der Waals surface area contributed by atoms with Crippen LogP contribution < -0.4 is 5.32 Å². The zero-order chi connectivity index (χ0) is 24.8. The lowest BCUT2D eigenvalue weighted by atomic mass is 9.95. The Bertz CT molecular complexity index is 1640. The molecule has 2 aliphatic rings. The standard InChI is InChI=1S/C24H22N8O4/c1-11(33)24-8-13(24)18(19(34)20(24)35)31-10-26-17-21(25-2)27-23(28-22(17)31)32-9-14(29-30-32)16-7-12-5-3-4-6-15(12)36-16/h3-7,9-10,13,18-20,34-35H,8H2,1-2H3,(H,25,27,28)/t13?,18-,19+,20?,24+/m1/s1. The van der Waals surface area contributed by atoms with Gasteiger partial charge >= 0.3 is 0 Å². The normalized spacial score (nSPS) is 27.0. The molecular formula is C24H22N8O4. The van der Waals surface area contributed by atoms with Crippen LogP contribution in [0.15, 0.2) is 47.3 Å². The van der Waals surface area contributed by atoms with Gasteiger partial charge in [0.2, 0.25) is 0 Å². The van der Waals surface area contributed by atoms with E-state index in [0.717, 1.165) is 11.0 Å². The van der Waals surface area contributed by atoms with Crippen LogP contribution >= 0.6 is 0 Å². The van der Waals surface area contributed by atoms with Crippen molar-refractivity contribution < 1.29 is 19.4 Å². The minimum absolute atomic E-state index is 0.113. The first kappa shape index (κ1) is 21.1. The van der Waals surface area contributed by atoms with E-state index in [0.29, 0.717) is 34.9 Å². The molecule has 1 aromatic carbocycles. The average Bonchev–Trinajstić information content (AvgIpc) is 3.28. The Hall–Kier alpha value is -4.16. The third-order valence-corrected chi connectivity index (χ3v) is 7.67. The van der Waals surface area contributed by atoms with Gasteiger partial charge in [-0.3, -0.25) is 4.79 Å². The molecule has 4 aromatic heterocycles. The molecule has 0 saturated heterocycles. The smallest absolute Gasteiger partial charge is 0.256 e. The summed E-state index contributed by atoms with van der Waals surface area (Å²) in [6, 6.07) is 9.04. The minimum Gasteiger partial charge on any atom is -0.454 e. The summed E-state index contributed by atoms with van der Waals surface area (Å²) in [6.07, 6.45) is 1.52. The summed E-state index contributed by atoms with van der Waals surface area (Å²) in [5.41, 5.74) is 1.32. The number of benzene rings is 1. The fraction of sp³-hybridized carbons (Fsp3) is 0.333. The summed E-state index contributed by atoms with van der Waals surface area (Å²) < 4.78 is 9.07. The first-order valence-corrected chi connectivity index (χ1v) is 11.6. The van der Waals surface area contributed by atoms with Crippen molar-refractivity contribution in [1.82, 2.24) is 34.5 Å². The molecule has 0 radical (unpaired) electrons. The number of hydrogen-bond acceptors (Lipinski definition) is 10. The number of nitrogens with zero attached hydrogens (tertiary/aromatic N) is 7. The van der Waals surface area contributed by atoms with Gasteiger partial charge in [-0.25, -0.2) is 4.98 Å². The fourth-order valence-electron chi connectivity index (χ4n) is 5.75. The Morgan fingerprint density at radius 3 is 2.83 bits per heavy atom. The molecule has 5 aromatic rings. The highest BCUT2D eigenvalue weighted by atomic mass is 16.3. The number of anilines is 1. The zero-order valence-corrected chi connectivity index (χ0v) is 19.4. The van der Waals surface area contributed by atoms with E-state index in [4.69, 9.17) is 4.42 Å². The maximum absolute atomic E-state index is 12.3. The summed E-state index contributed by atoms with van der Waals surface area (Å²) >= 11 is 0. The van der Waals surface area contributed by atoms with E-state index in [9.17, 15) is 15.0 Å². The summed E-state index contributed by atoms with van der Waals surface area (Å²) in [4.78, 5) is 26.0. The van der Waals surface area contributed by atoms with Crippen LogP contribution in [0.2, 0.25) is 0 Å². The molecule has 182 valence electrons. The second kappa shape index (κ2) is 7.18. The second-order valence-electron chi connectivity index (χ2n) is 9.48. The number of aliphatic hydroxyl groups is 2. The van der Waals surface area contributed by atoms with Gasteiger partial charge in [-0.05, 0) is 31.4 Å². The number of ketones is 1.